The van der Waals surface area contributed by atoms with Gasteiger partial charge in [-0.25, -0.2) is 0 Å². The third-order valence-corrected chi connectivity index (χ3v) is 4.41. The quantitative estimate of drug-likeness (QED) is 0.524. The molecule has 4 heteroatoms. The van der Waals surface area contributed by atoms with Crippen LogP contribution in [0.2, 0.25) is 0 Å². The Balaban J connectivity index is 2.36. The molecule has 114 valence electrons. The highest BCUT2D eigenvalue weighted by atomic mass is 79.9. The van der Waals surface area contributed by atoms with Crippen LogP contribution in [0.4, 0.5) is 0 Å². The topological polar surface area (TPSA) is 35.2 Å². The summed E-state index contributed by atoms with van der Waals surface area (Å²) >= 11 is 7.15. The summed E-state index contributed by atoms with van der Waals surface area (Å²) in [6, 6.07) is 4.18. The average molecular weight is 407 g/mol. The normalized spacial score (nSPS) is 10.8. The first-order chi connectivity index (χ1) is 9.69. The fourth-order valence-corrected chi connectivity index (χ4v) is 3.63. The summed E-state index contributed by atoms with van der Waals surface area (Å²) in [4.78, 5) is 0. The van der Waals surface area contributed by atoms with Crippen LogP contribution < -0.4 is 10.5 Å². The molecular weight excluding hydrogens is 382 g/mol. The number of unbranched alkanes of at least 4 members (excludes halogenated alkanes) is 5. The molecule has 0 bridgehead atoms. The minimum absolute atomic E-state index is 0.664. The van der Waals surface area contributed by atoms with Gasteiger partial charge in [-0.1, -0.05) is 39.0 Å². The van der Waals surface area contributed by atoms with E-state index in [-0.39, 0.29) is 0 Å². The van der Waals surface area contributed by atoms with Gasteiger partial charge in [0.2, 0.25) is 0 Å². The highest BCUT2D eigenvalue weighted by Gasteiger charge is 2.08. The van der Waals surface area contributed by atoms with E-state index >= 15 is 0 Å². The Kier molecular flexibility index (Phi) is 9.57. The summed E-state index contributed by atoms with van der Waals surface area (Å²) in [5.41, 5.74) is 6.81. The van der Waals surface area contributed by atoms with E-state index in [0.717, 1.165) is 34.1 Å². The monoisotopic (exact) mass is 405 g/mol. The van der Waals surface area contributed by atoms with Gasteiger partial charge in [0.15, 0.2) is 0 Å². The van der Waals surface area contributed by atoms with E-state index < -0.39 is 0 Å². The van der Waals surface area contributed by atoms with Gasteiger partial charge in [0.25, 0.3) is 0 Å². The Bertz CT molecular complexity index is 373. The average Bonchev–Trinajstić information content (AvgIpc) is 2.40. The zero-order valence-electron chi connectivity index (χ0n) is 12.3. The van der Waals surface area contributed by atoms with Gasteiger partial charge >= 0.3 is 0 Å². The smallest absolute Gasteiger partial charge is 0.147 e. The molecule has 0 saturated heterocycles. The number of rotatable bonds is 10. The minimum Gasteiger partial charge on any atom is -0.491 e. The minimum atomic E-state index is 0.664. The second-order valence-electron chi connectivity index (χ2n) is 5.04. The molecule has 1 aromatic carbocycles. The van der Waals surface area contributed by atoms with Crippen molar-refractivity contribution in [2.75, 3.05) is 13.2 Å². The van der Waals surface area contributed by atoms with Gasteiger partial charge in [0.05, 0.1) is 15.6 Å². The molecule has 0 aromatic heterocycles. The summed E-state index contributed by atoms with van der Waals surface area (Å²) in [5, 5.41) is 0. The fraction of sp³-hybridized carbons (Fsp3) is 0.625. The summed E-state index contributed by atoms with van der Waals surface area (Å²) in [7, 11) is 0. The maximum absolute atomic E-state index is 5.88. The molecule has 20 heavy (non-hydrogen) atoms. The van der Waals surface area contributed by atoms with E-state index in [2.05, 4.69) is 50.9 Å². The van der Waals surface area contributed by atoms with E-state index in [1.165, 1.54) is 37.7 Å². The number of benzene rings is 1. The van der Waals surface area contributed by atoms with Gasteiger partial charge in [-0.3, -0.25) is 0 Å². The van der Waals surface area contributed by atoms with Crippen molar-refractivity contribution in [1.29, 1.82) is 0 Å². The molecule has 2 nitrogen and oxygen atoms in total. The lowest BCUT2D eigenvalue weighted by molar-refractivity contribution is 0.300. The fourth-order valence-electron chi connectivity index (χ4n) is 2.12. The lowest BCUT2D eigenvalue weighted by Gasteiger charge is -2.12. The lowest BCUT2D eigenvalue weighted by Crippen LogP contribution is -2.04. The molecule has 2 N–H and O–H groups in total. The van der Waals surface area contributed by atoms with Crippen LogP contribution in [-0.4, -0.2) is 13.2 Å². The number of hydrogen-bond acceptors (Lipinski definition) is 2. The summed E-state index contributed by atoms with van der Waals surface area (Å²) in [5.74, 6) is 0.902. The van der Waals surface area contributed by atoms with Gasteiger partial charge in [-0.05, 0) is 68.9 Å². The Labute approximate surface area is 139 Å². The van der Waals surface area contributed by atoms with E-state index in [4.69, 9.17) is 10.5 Å². The molecule has 1 aromatic rings. The van der Waals surface area contributed by atoms with Crippen LogP contribution in [-0.2, 0) is 6.42 Å². The first-order valence-electron chi connectivity index (χ1n) is 7.49. The van der Waals surface area contributed by atoms with Gasteiger partial charge in [0.1, 0.15) is 5.75 Å². The van der Waals surface area contributed by atoms with Gasteiger partial charge in [-0.2, -0.15) is 0 Å². The van der Waals surface area contributed by atoms with E-state index in [9.17, 15) is 0 Å². The molecule has 0 aliphatic rings. The molecule has 0 atom stereocenters. The predicted octanol–water partition coefficient (Wildman–Crippen LogP) is 5.45. The molecule has 0 aliphatic carbocycles. The molecule has 0 spiro atoms. The van der Waals surface area contributed by atoms with Crippen molar-refractivity contribution in [3.05, 3.63) is 26.6 Å². The SMILES string of the molecule is CCCCCCCCOc1c(Br)cc(CCN)cc1Br. The molecule has 0 amide bonds. The summed E-state index contributed by atoms with van der Waals surface area (Å²) in [6.07, 6.45) is 8.56. The Morgan fingerprint density at radius 3 is 2.20 bits per heavy atom. The van der Waals surface area contributed by atoms with Crippen LogP contribution in [0.15, 0.2) is 21.1 Å². The summed E-state index contributed by atoms with van der Waals surface area (Å²) < 4.78 is 7.88. The largest absolute Gasteiger partial charge is 0.491 e. The van der Waals surface area contributed by atoms with Crippen molar-refractivity contribution in [2.24, 2.45) is 5.73 Å². The number of nitrogens with two attached hydrogens (primary N) is 1. The van der Waals surface area contributed by atoms with E-state index in [1.54, 1.807) is 0 Å². The molecule has 1 rings (SSSR count). The maximum Gasteiger partial charge on any atom is 0.147 e. The lowest BCUT2D eigenvalue weighted by atomic mass is 10.1. The molecule has 0 aliphatic heterocycles. The van der Waals surface area contributed by atoms with Crippen LogP contribution in [0.25, 0.3) is 0 Å². The van der Waals surface area contributed by atoms with Crippen molar-refractivity contribution in [3.8, 4) is 5.75 Å². The second-order valence-corrected chi connectivity index (χ2v) is 6.75. The van der Waals surface area contributed by atoms with Crippen molar-refractivity contribution in [3.63, 3.8) is 0 Å². The molecule has 0 saturated carbocycles. The third-order valence-electron chi connectivity index (χ3n) is 3.24. The standard InChI is InChI=1S/C16H25Br2NO/c1-2-3-4-5-6-7-10-20-16-14(17)11-13(8-9-19)12-15(16)18/h11-12H,2-10,19H2,1H3. The predicted molar refractivity (Wildman–Crippen MR) is 93.5 cm³/mol. The van der Waals surface area contributed by atoms with Gasteiger partial charge in [0, 0.05) is 0 Å². The van der Waals surface area contributed by atoms with Gasteiger partial charge in [-0.15, -0.1) is 0 Å². The van der Waals surface area contributed by atoms with Crippen LogP contribution in [0.1, 0.15) is 51.0 Å². The molecule has 0 heterocycles. The Morgan fingerprint density at radius 1 is 1.00 bits per heavy atom. The van der Waals surface area contributed by atoms with E-state index in [0.29, 0.717) is 6.54 Å². The first-order valence-corrected chi connectivity index (χ1v) is 9.08. The molecular formula is C16H25Br2NO. The summed E-state index contributed by atoms with van der Waals surface area (Å²) in [6.45, 7) is 3.68. The van der Waals surface area contributed by atoms with Gasteiger partial charge < -0.3 is 10.5 Å². The highest BCUT2D eigenvalue weighted by molar-refractivity contribution is 9.11. The number of ether oxygens (including phenoxy) is 1. The van der Waals surface area contributed by atoms with Crippen LogP contribution in [0.5, 0.6) is 5.75 Å². The number of hydrogen-bond donors (Lipinski definition) is 1. The zero-order chi connectivity index (χ0) is 14.8. The highest BCUT2D eigenvalue weighted by Crippen LogP contribution is 2.35. The van der Waals surface area contributed by atoms with Crippen molar-refractivity contribution >= 4 is 31.9 Å². The van der Waals surface area contributed by atoms with Crippen molar-refractivity contribution in [1.82, 2.24) is 0 Å². The van der Waals surface area contributed by atoms with Crippen molar-refractivity contribution in [2.45, 2.75) is 51.9 Å². The second kappa shape index (κ2) is 10.6. The maximum atomic E-state index is 5.88. The van der Waals surface area contributed by atoms with E-state index in [1.807, 2.05) is 0 Å². The third kappa shape index (κ3) is 6.59. The molecule has 0 unspecified atom stereocenters. The van der Waals surface area contributed by atoms with Crippen LogP contribution in [0.3, 0.4) is 0 Å². The first kappa shape index (κ1) is 18.0. The Morgan fingerprint density at radius 2 is 1.60 bits per heavy atom. The number of halogens is 2. The Hall–Kier alpha value is -0.0600. The van der Waals surface area contributed by atoms with Crippen LogP contribution in [0, 0.1) is 0 Å². The van der Waals surface area contributed by atoms with Crippen molar-refractivity contribution < 1.29 is 4.74 Å². The zero-order valence-corrected chi connectivity index (χ0v) is 15.4. The molecule has 0 radical (unpaired) electrons. The molecule has 0 fully saturated rings. The van der Waals surface area contributed by atoms with Crippen LogP contribution >= 0.6 is 31.9 Å².